The van der Waals surface area contributed by atoms with Crippen LogP contribution in [0.1, 0.15) is 28.8 Å². The van der Waals surface area contributed by atoms with Crippen molar-refractivity contribution in [2.45, 2.75) is 19.8 Å². The van der Waals surface area contributed by atoms with Crippen LogP contribution in [0.25, 0.3) is 0 Å². The van der Waals surface area contributed by atoms with E-state index in [4.69, 9.17) is 4.74 Å². The van der Waals surface area contributed by atoms with E-state index in [0.29, 0.717) is 37.6 Å². The van der Waals surface area contributed by atoms with Crippen molar-refractivity contribution in [2.75, 3.05) is 26.2 Å². The number of amides is 2. The third-order valence-corrected chi connectivity index (χ3v) is 4.86. The second-order valence-electron chi connectivity index (χ2n) is 7.05. The Bertz CT molecular complexity index is 806. The zero-order valence-electron chi connectivity index (χ0n) is 16.0. The SMILES string of the molecule is Cc1ccc(C(=O)N2CCCC(C(=O)NCCOc3ccc(F)cc3)C2)cc1. The summed E-state index contributed by atoms with van der Waals surface area (Å²) in [5, 5.41) is 2.86. The summed E-state index contributed by atoms with van der Waals surface area (Å²) in [5.41, 5.74) is 1.76. The molecule has 1 aliphatic rings. The Morgan fingerprint density at radius 1 is 1.14 bits per heavy atom. The van der Waals surface area contributed by atoms with Gasteiger partial charge in [0, 0.05) is 18.7 Å². The van der Waals surface area contributed by atoms with E-state index in [1.807, 2.05) is 31.2 Å². The lowest BCUT2D eigenvalue weighted by Gasteiger charge is -2.32. The molecule has 148 valence electrons. The first kappa shape index (κ1) is 19.9. The lowest BCUT2D eigenvalue weighted by Crippen LogP contribution is -2.46. The molecule has 0 spiro atoms. The number of nitrogens with one attached hydrogen (secondary N) is 1. The minimum absolute atomic E-state index is 0.0304. The van der Waals surface area contributed by atoms with Gasteiger partial charge in [-0.05, 0) is 56.2 Å². The summed E-state index contributed by atoms with van der Waals surface area (Å²) >= 11 is 0. The maximum absolute atomic E-state index is 12.9. The quantitative estimate of drug-likeness (QED) is 0.779. The second-order valence-corrected chi connectivity index (χ2v) is 7.05. The highest BCUT2D eigenvalue weighted by Gasteiger charge is 2.28. The molecular formula is C22H25FN2O3. The first-order chi connectivity index (χ1) is 13.5. The summed E-state index contributed by atoms with van der Waals surface area (Å²) < 4.78 is 18.3. The molecule has 6 heteroatoms. The number of hydrogen-bond acceptors (Lipinski definition) is 3. The van der Waals surface area contributed by atoms with Crippen LogP contribution in [0.5, 0.6) is 5.75 Å². The summed E-state index contributed by atoms with van der Waals surface area (Å²) in [4.78, 5) is 26.9. The monoisotopic (exact) mass is 384 g/mol. The van der Waals surface area contributed by atoms with E-state index < -0.39 is 0 Å². The van der Waals surface area contributed by atoms with Crippen LogP contribution >= 0.6 is 0 Å². The fourth-order valence-corrected chi connectivity index (χ4v) is 3.27. The topological polar surface area (TPSA) is 58.6 Å². The molecule has 0 aliphatic carbocycles. The molecule has 0 bridgehead atoms. The van der Waals surface area contributed by atoms with Crippen LogP contribution in [0, 0.1) is 18.7 Å². The van der Waals surface area contributed by atoms with E-state index in [1.54, 1.807) is 17.0 Å². The Balaban J connectivity index is 1.45. The fraction of sp³-hybridized carbons (Fsp3) is 0.364. The van der Waals surface area contributed by atoms with Gasteiger partial charge in [-0.3, -0.25) is 9.59 Å². The van der Waals surface area contributed by atoms with Crippen LogP contribution in [0.15, 0.2) is 48.5 Å². The van der Waals surface area contributed by atoms with Gasteiger partial charge in [0.05, 0.1) is 12.5 Å². The highest BCUT2D eigenvalue weighted by Crippen LogP contribution is 2.19. The Kier molecular flexibility index (Phi) is 6.63. The lowest BCUT2D eigenvalue weighted by atomic mass is 9.96. The molecule has 28 heavy (non-hydrogen) atoms. The molecule has 1 aliphatic heterocycles. The van der Waals surface area contributed by atoms with Crippen LogP contribution in [0.3, 0.4) is 0 Å². The van der Waals surface area contributed by atoms with Crippen LogP contribution in [0.4, 0.5) is 4.39 Å². The summed E-state index contributed by atoms with van der Waals surface area (Å²) in [5.74, 6) is -0.0684. The number of ether oxygens (including phenoxy) is 1. The number of carbonyl (C=O) groups excluding carboxylic acids is 2. The van der Waals surface area contributed by atoms with Gasteiger partial charge in [-0.25, -0.2) is 4.39 Å². The van der Waals surface area contributed by atoms with Crippen molar-refractivity contribution in [3.05, 3.63) is 65.5 Å². The highest BCUT2D eigenvalue weighted by atomic mass is 19.1. The van der Waals surface area contributed by atoms with Gasteiger partial charge in [0.15, 0.2) is 0 Å². The molecule has 1 heterocycles. The van der Waals surface area contributed by atoms with Crippen molar-refractivity contribution in [3.63, 3.8) is 0 Å². The number of aryl methyl sites for hydroxylation is 1. The number of halogens is 1. The summed E-state index contributed by atoms with van der Waals surface area (Å²) in [6, 6.07) is 13.2. The number of nitrogens with zero attached hydrogens (tertiary/aromatic N) is 1. The van der Waals surface area contributed by atoms with E-state index in [-0.39, 0.29) is 23.5 Å². The van der Waals surface area contributed by atoms with E-state index in [9.17, 15) is 14.0 Å². The molecule has 1 fully saturated rings. The molecule has 5 nitrogen and oxygen atoms in total. The number of piperidine rings is 1. The molecule has 1 atom stereocenters. The molecular weight excluding hydrogens is 359 g/mol. The first-order valence-corrected chi connectivity index (χ1v) is 9.55. The van der Waals surface area contributed by atoms with Gasteiger partial charge in [-0.1, -0.05) is 17.7 Å². The average molecular weight is 384 g/mol. The van der Waals surface area contributed by atoms with E-state index in [0.717, 1.165) is 18.4 Å². The number of carbonyl (C=O) groups is 2. The normalized spacial score (nSPS) is 16.5. The van der Waals surface area contributed by atoms with Gasteiger partial charge in [0.2, 0.25) is 5.91 Å². The van der Waals surface area contributed by atoms with Crippen LogP contribution < -0.4 is 10.1 Å². The van der Waals surface area contributed by atoms with Gasteiger partial charge in [0.25, 0.3) is 5.91 Å². The number of hydrogen-bond donors (Lipinski definition) is 1. The smallest absolute Gasteiger partial charge is 0.253 e. The number of rotatable bonds is 6. The molecule has 2 amide bonds. The second kappa shape index (κ2) is 9.35. The maximum Gasteiger partial charge on any atom is 0.253 e. The van der Waals surface area contributed by atoms with Gasteiger partial charge in [-0.15, -0.1) is 0 Å². The summed E-state index contributed by atoms with van der Waals surface area (Å²) in [6.07, 6.45) is 1.57. The molecule has 3 rings (SSSR count). The third kappa shape index (κ3) is 5.31. The number of likely N-dealkylation sites (tertiary alicyclic amines) is 1. The average Bonchev–Trinajstić information content (AvgIpc) is 2.72. The van der Waals surface area contributed by atoms with Gasteiger partial charge in [-0.2, -0.15) is 0 Å². The largest absolute Gasteiger partial charge is 0.492 e. The van der Waals surface area contributed by atoms with Crippen molar-refractivity contribution in [1.82, 2.24) is 10.2 Å². The van der Waals surface area contributed by atoms with Crippen LogP contribution in [-0.4, -0.2) is 43.0 Å². The Morgan fingerprint density at radius 3 is 2.57 bits per heavy atom. The minimum atomic E-state index is -0.317. The predicted octanol–water partition coefficient (Wildman–Crippen LogP) is 3.18. The van der Waals surface area contributed by atoms with Crippen LogP contribution in [-0.2, 0) is 4.79 Å². The zero-order chi connectivity index (χ0) is 19.9. The zero-order valence-corrected chi connectivity index (χ0v) is 16.0. The molecule has 2 aromatic carbocycles. The molecule has 0 saturated carbocycles. The summed E-state index contributed by atoms with van der Waals surface area (Å²) in [7, 11) is 0. The van der Waals surface area contributed by atoms with Crippen molar-refractivity contribution in [1.29, 1.82) is 0 Å². The van der Waals surface area contributed by atoms with Gasteiger partial charge in [0.1, 0.15) is 18.2 Å². The lowest BCUT2D eigenvalue weighted by molar-refractivity contribution is -0.126. The van der Waals surface area contributed by atoms with E-state index in [1.165, 1.54) is 12.1 Å². The molecule has 2 aromatic rings. The Hall–Kier alpha value is -2.89. The molecule has 1 N–H and O–H groups in total. The van der Waals surface area contributed by atoms with E-state index >= 15 is 0 Å². The van der Waals surface area contributed by atoms with Crippen molar-refractivity contribution >= 4 is 11.8 Å². The van der Waals surface area contributed by atoms with Gasteiger partial charge >= 0.3 is 0 Å². The predicted molar refractivity (Wildman–Crippen MR) is 105 cm³/mol. The fourth-order valence-electron chi connectivity index (χ4n) is 3.27. The number of benzene rings is 2. The third-order valence-electron chi connectivity index (χ3n) is 4.86. The standard InChI is InChI=1S/C22H25FN2O3/c1-16-4-6-17(7-5-16)22(27)25-13-2-3-18(15-25)21(26)24-12-14-28-20-10-8-19(23)9-11-20/h4-11,18H,2-3,12-15H2,1H3,(H,24,26). The van der Waals surface area contributed by atoms with Crippen LogP contribution in [0.2, 0.25) is 0 Å². The maximum atomic E-state index is 12.9. The molecule has 1 saturated heterocycles. The highest BCUT2D eigenvalue weighted by molar-refractivity contribution is 5.94. The molecule has 0 aromatic heterocycles. The molecule has 1 unspecified atom stereocenters. The Morgan fingerprint density at radius 2 is 1.86 bits per heavy atom. The van der Waals surface area contributed by atoms with Crippen molar-refractivity contribution < 1.29 is 18.7 Å². The first-order valence-electron chi connectivity index (χ1n) is 9.55. The molecule has 0 radical (unpaired) electrons. The summed E-state index contributed by atoms with van der Waals surface area (Å²) in [6.45, 7) is 3.74. The minimum Gasteiger partial charge on any atom is -0.492 e. The van der Waals surface area contributed by atoms with Crippen molar-refractivity contribution in [2.24, 2.45) is 5.92 Å². The van der Waals surface area contributed by atoms with Gasteiger partial charge < -0.3 is 15.0 Å². The van der Waals surface area contributed by atoms with E-state index in [2.05, 4.69) is 5.32 Å². The Labute approximate surface area is 164 Å². The van der Waals surface area contributed by atoms with Crippen molar-refractivity contribution in [3.8, 4) is 5.75 Å².